The molecule has 99 heavy (non-hydrogen) atoms. The number of benzene rings is 16. The van der Waals surface area contributed by atoms with Gasteiger partial charge in [0.05, 0.1) is 0 Å². The minimum Gasteiger partial charge on any atom is -0.693 e. The van der Waals surface area contributed by atoms with Crippen molar-refractivity contribution in [2.24, 2.45) is 0 Å². The highest BCUT2D eigenvalue weighted by Crippen LogP contribution is 2.46. The van der Waals surface area contributed by atoms with Gasteiger partial charge in [-0.1, -0.05) is 299 Å². The average molecular weight is 1430 g/mol. The summed E-state index contributed by atoms with van der Waals surface area (Å²) in [5, 5.41) is 16.1. The lowest BCUT2D eigenvalue weighted by Crippen LogP contribution is -2.75. The lowest BCUT2D eigenvalue weighted by Gasteiger charge is -2.37. The lowest BCUT2D eigenvalue weighted by molar-refractivity contribution is 1.28. The number of halogens is 2. The second-order valence-electron chi connectivity index (χ2n) is 25.3. The molecular weight excluding hydrogens is 1360 g/mol. The van der Waals surface area contributed by atoms with Crippen molar-refractivity contribution in [2.45, 2.75) is 0 Å². The number of fused-ring (bicyclic) bond motifs is 12. The van der Waals surface area contributed by atoms with E-state index in [0.717, 1.165) is 43.1 Å². The fourth-order valence-electron chi connectivity index (χ4n) is 15.8. The summed E-state index contributed by atoms with van der Waals surface area (Å²) in [6.07, 6.45) is 0. The van der Waals surface area contributed by atoms with Crippen LogP contribution in [0.15, 0.2) is 397 Å². The minimum atomic E-state index is -3.07. The summed E-state index contributed by atoms with van der Waals surface area (Å²) in [4.78, 5) is 4.78. The molecule has 0 atom stereocenters. The highest BCUT2D eigenvalue weighted by molar-refractivity contribution is 9.10. The van der Waals surface area contributed by atoms with Crippen LogP contribution < -0.4 is 51.3 Å². The standard InChI is InChI=1S/C58H42N2Si.C34H22Br2Si.H2N/c1-7-23-45(24-8-1)59(46-25-9-2-10-26-46)49-35-37-57-55(41-49)53-39-43-21-19-20-22-44(43)40-54(53)56-42-50(60(47-27-11-3-12-28-47)48-29-13-4-14-30-48)36-38-58(56)61(57,51-31-15-5-16-32-51)52-33-17-6-18-34-52;35-25-15-17-33-31(21-25)29-19-23-9-7-8-10-24(23)20-30(29)32-22-26(36)16-18-34(32)37(33,27-11-3-1-4-12-27)28-13-5-2-6-14-28;/h1-42H;1-22H;1H2/q;;-1. The smallest absolute Gasteiger partial charge is 0.180 e. The fraction of sp³-hybridized carbons (Fsp3) is 0. The third-order valence-corrected chi connectivity index (χ3v) is 30.7. The van der Waals surface area contributed by atoms with E-state index < -0.39 is 16.1 Å². The Bertz CT molecular complexity index is 5170. The van der Waals surface area contributed by atoms with Gasteiger partial charge in [0.25, 0.3) is 0 Å². The Hall–Kier alpha value is -11.0. The third kappa shape index (κ3) is 11.0. The van der Waals surface area contributed by atoms with E-state index >= 15 is 0 Å². The molecule has 0 radical (unpaired) electrons. The van der Waals surface area contributed by atoms with Gasteiger partial charge in [0.15, 0.2) is 16.1 Å². The van der Waals surface area contributed by atoms with E-state index in [1.807, 2.05) is 0 Å². The largest absolute Gasteiger partial charge is 0.693 e. The van der Waals surface area contributed by atoms with E-state index in [1.54, 1.807) is 0 Å². The molecule has 3 nitrogen and oxygen atoms in total. The molecule has 0 aliphatic carbocycles. The number of nitrogens with zero attached hydrogens (tertiary/aromatic N) is 2. The molecule has 7 heteroatoms. The van der Waals surface area contributed by atoms with E-state index in [0.29, 0.717) is 0 Å². The normalized spacial score (nSPS) is 12.6. The maximum atomic E-state index is 3.82. The summed E-state index contributed by atoms with van der Waals surface area (Å²) in [5.74, 6) is 0. The fourth-order valence-corrected chi connectivity index (χ4v) is 26.8. The van der Waals surface area contributed by atoms with Crippen molar-refractivity contribution in [2.75, 3.05) is 9.80 Å². The maximum absolute atomic E-state index is 3.82. The Morgan fingerprint density at radius 1 is 0.182 bits per heavy atom. The molecule has 472 valence electrons. The van der Waals surface area contributed by atoms with Crippen LogP contribution in [0.5, 0.6) is 0 Å². The molecule has 0 fully saturated rings. The molecule has 0 saturated heterocycles. The number of anilines is 6. The number of hydrogen-bond donors (Lipinski definition) is 0. The van der Waals surface area contributed by atoms with Crippen LogP contribution in [0.4, 0.5) is 34.1 Å². The molecular formula is C92H66Br2N3Si2-. The predicted octanol–water partition coefficient (Wildman–Crippen LogP) is 20.9. The van der Waals surface area contributed by atoms with E-state index in [-0.39, 0.29) is 6.15 Å². The number of hydrogen-bond acceptors (Lipinski definition) is 2. The molecule has 2 heterocycles. The van der Waals surface area contributed by atoms with Crippen molar-refractivity contribution in [1.29, 1.82) is 0 Å². The molecule has 16 aromatic rings. The Morgan fingerprint density at radius 3 is 0.646 bits per heavy atom. The molecule has 0 aromatic heterocycles. The van der Waals surface area contributed by atoms with Crippen LogP contribution >= 0.6 is 31.9 Å². The van der Waals surface area contributed by atoms with Gasteiger partial charge in [-0.15, -0.1) is 0 Å². The summed E-state index contributed by atoms with van der Waals surface area (Å²) in [6.45, 7) is 0. The first-order valence-corrected chi connectivity index (χ1v) is 39.0. The highest BCUT2D eigenvalue weighted by Gasteiger charge is 2.48. The van der Waals surface area contributed by atoms with Gasteiger partial charge in [0.1, 0.15) is 0 Å². The average Bonchev–Trinajstić information content (AvgIpc) is 1.61. The van der Waals surface area contributed by atoms with Gasteiger partial charge in [-0.2, -0.15) is 0 Å². The van der Waals surface area contributed by atoms with Crippen LogP contribution in [0.1, 0.15) is 0 Å². The number of nitrogens with two attached hydrogens (primary N) is 1. The second kappa shape index (κ2) is 26.8. The van der Waals surface area contributed by atoms with Crippen molar-refractivity contribution in [3.8, 4) is 44.5 Å². The molecule has 0 unspecified atom stereocenters. The summed E-state index contributed by atoms with van der Waals surface area (Å²) >= 11 is 7.64. The molecule has 0 bridgehead atoms. The zero-order chi connectivity index (χ0) is 65.6. The van der Waals surface area contributed by atoms with E-state index in [4.69, 9.17) is 0 Å². The first-order chi connectivity index (χ1) is 48.4. The van der Waals surface area contributed by atoms with Crippen molar-refractivity contribution in [3.63, 3.8) is 0 Å². The molecule has 2 aliphatic rings. The van der Waals surface area contributed by atoms with E-state index in [9.17, 15) is 0 Å². The van der Waals surface area contributed by atoms with E-state index in [1.165, 1.54) is 108 Å². The molecule has 0 saturated carbocycles. The van der Waals surface area contributed by atoms with Crippen molar-refractivity contribution in [3.05, 3.63) is 403 Å². The SMILES string of the molecule is Brc1ccc2c(c1)-c1cc3ccccc3cc1-c1cc(Br)ccc1[Si]2(c1ccccc1)c1ccccc1.[NH2-].c1ccc(N(c2ccccc2)c2ccc3c(c2)-c2cc4ccccc4cc2-c2cc(N(c4ccccc4)c4ccccc4)ccc2[Si]3(c2ccccc2)c2ccccc2)cc1. The predicted molar refractivity (Wildman–Crippen MR) is 434 cm³/mol. The molecule has 16 aromatic carbocycles. The van der Waals surface area contributed by atoms with Crippen molar-refractivity contribution in [1.82, 2.24) is 0 Å². The Balaban J connectivity index is 0.000000172. The van der Waals surface area contributed by atoms with Gasteiger partial charge >= 0.3 is 0 Å². The van der Waals surface area contributed by atoms with Crippen LogP contribution in [-0.4, -0.2) is 16.1 Å². The topological polar surface area (TPSA) is 40.0 Å². The summed E-state index contributed by atoms with van der Waals surface area (Å²) in [7, 11) is -5.76. The van der Waals surface area contributed by atoms with Crippen molar-refractivity contribution >= 4 is 145 Å². The summed E-state index contributed by atoms with van der Waals surface area (Å²) in [6, 6.07) is 144. The van der Waals surface area contributed by atoms with Gasteiger partial charge in [0.2, 0.25) is 0 Å². The zero-order valence-electron chi connectivity index (χ0n) is 54.2. The van der Waals surface area contributed by atoms with Gasteiger partial charge < -0.3 is 16.0 Å². The summed E-state index contributed by atoms with van der Waals surface area (Å²) in [5.41, 5.74) is 16.9. The number of para-hydroxylation sites is 4. The second-order valence-corrected chi connectivity index (χ2v) is 34.6. The third-order valence-electron chi connectivity index (χ3n) is 19.9. The zero-order valence-corrected chi connectivity index (χ0v) is 59.4. The lowest BCUT2D eigenvalue weighted by atomic mass is 9.91. The Labute approximate surface area is 598 Å². The number of rotatable bonds is 10. The van der Waals surface area contributed by atoms with Gasteiger partial charge in [0, 0.05) is 43.1 Å². The summed E-state index contributed by atoms with van der Waals surface area (Å²) < 4.78 is 2.20. The first-order valence-electron chi connectivity index (χ1n) is 33.4. The molecule has 2 N–H and O–H groups in total. The van der Waals surface area contributed by atoms with Crippen LogP contribution in [0, 0.1) is 0 Å². The quantitative estimate of drug-likeness (QED) is 0.128. The maximum Gasteiger partial charge on any atom is 0.180 e. The van der Waals surface area contributed by atoms with Crippen LogP contribution in [-0.2, 0) is 0 Å². The van der Waals surface area contributed by atoms with Crippen LogP contribution in [0.25, 0.3) is 72.2 Å². The van der Waals surface area contributed by atoms with Gasteiger partial charge in [-0.3, -0.25) is 0 Å². The molecule has 18 rings (SSSR count). The molecule has 0 amide bonds. The molecule has 2 aliphatic heterocycles. The Kier molecular flexibility index (Phi) is 17.0. The monoisotopic (exact) mass is 1430 g/mol. The Morgan fingerprint density at radius 2 is 0.394 bits per heavy atom. The van der Waals surface area contributed by atoms with Gasteiger partial charge in [-0.05, 0) is 229 Å². The van der Waals surface area contributed by atoms with Gasteiger partial charge in [-0.25, -0.2) is 0 Å². The van der Waals surface area contributed by atoms with Crippen molar-refractivity contribution < 1.29 is 0 Å². The highest BCUT2D eigenvalue weighted by atomic mass is 79.9. The van der Waals surface area contributed by atoms with Crippen LogP contribution in [0.2, 0.25) is 0 Å². The first kappa shape index (κ1) is 62.8. The van der Waals surface area contributed by atoms with E-state index in [2.05, 4.69) is 430 Å². The minimum absolute atomic E-state index is 0. The van der Waals surface area contributed by atoms with Crippen LogP contribution in [0.3, 0.4) is 0 Å². The molecule has 0 spiro atoms.